The number of nitrogens with zero attached hydrogens (tertiary/aromatic N) is 1. The zero-order chi connectivity index (χ0) is 17.8. The number of alkyl halides is 3. The van der Waals surface area contributed by atoms with E-state index in [-0.39, 0.29) is 16.3 Å². The van der Waals surface area contributed by atoms with Gasteiger partial charge in [0.05, 0.1) is 23.7 Å². The maximum atomic E-state index is 13.9. The Bertz CT molecular complexity index is 1140. The molecule has 0 atom stereocenters. The van der Waals surface area contributed by atoms with Crippen LogP contribution in [0.5, 0.6) is 5.75 Å². The van der Waals surface area contributed by atoms with E-state index < -0.39 is 11.7 Å². The minimum Gasteiger partial charge on any atom is -0.497 e. The Kier molecular flexibility index (Phi) is 3.61. The fourth-order valence-electron chi connectivity index (χ4n) is 3.14. The predicted molar refractivity (Wildman–Crippen MR) is 96.0 cm³/mol. The van der Waals surface area contributed by atoms with Crippen LogP contribution in [0.3, 0.4) is 0 Å². The number of hydrogen-bond donors (Lipinski definition) is 0. The Hall–Kier alpha value is -2.34. The molecule has 0 radical (unpaired) electrons. The minimum absolute atomic E-state index is 0.0292. The molecule has 2 nitrogen and oxygen atoms in total. The summed E-state index contributed by atoms with van der Waals surface area (Å²) < 4.78 is 47.5. The monoisotopic (exact) mass is 405 g/mol. The van der Waals surface area contributed by atoms with E-state index in [9.17, 15) is 13.2 Å². The van der Waals surface area contributed by atoms with Crippen LogP contribution in [0.25, 0.3) is 32.6 Å². The van der Waals surface area contributed by atoms with Crippen molar-refractivity contribution in [2.45, 2.75) is 6.18 Å². The molecule has 0 saturated heterocycles. The van der Waals surface area contributed by atoms with Crippen LogP contribution in [0.4, 0.5) is 13.2 Å². The number of hydrogen-bond acceptors (Lipinski definition) is 2. The van der Waals surface area contributed by atoms with Crippen LogP contribution in [0, 0.1) is 0 Å². The standard InChI is InChI=1S/C19H11BrF3NO/c1-25-10-6-7-16-13(8-10)17(19(21,22)23)14-9-15(20)11-4-2-3-5-12(11)18(14)24-16/h2-9H,1H3. The van der Waals surface area contributed by atoms with Gasteiger partial charge in [-0.25, -0.2) is 4.98 Å². The minimum atomic E-state index is -4.52. The van der Waals surface area contributed by atoms with Crippen molar-refractivity contribution in [1.82, 2.24) is 4.98 Å². The highest BCUT2D eigenvalue weighted by atomic mass is 79.9. The highest BCUT2D eigenvalue weighted by Gasteiger charge is 2.36. The largest absolute Gasteiger partial charge is 0.497 e. The molecule has 0 saturated carbocycles. The molecule has 0 N–H and O–H groups in total. The number of fused-ring (bicyclic) bond motifs is 4. The average Bonchev–Trinajstić information content (AvgIpc) is 2.59. The molecule has 0 aliphatic rings. The second kappa shape index (κ2) is 5.59. The van der Waals surface area contributed by atoms with E-state index in [1.165, 1.54) is 19.2 Å². The molecule has 0 unspecified atom stereocenters. The maximum Gasteiger partial charge on any atom is 0.417 e. The summed E-state index contributed by atoms with van der Waals surface area (Å²) in [5.74, 6) is 0.360. The lowest BCUT2D eigenvalue weighted by Gasteiger charge is -2.16. The molecule has 4 aromatic rings. The van der Waals surface area contributed by atoms with E-state index in [1.54, 1.807) is 24.3 Å². The van der Waals surface area contributed by atoms with E-state index in [4.69, 9.17) is 4.74 Å². The maximum absolute atomic E-state index is 13.9. The Morgan fingerprint density at radius 2 is 1.64 bits per heavy atom. The molecule has 3 aromatic carbocycles. The molecule has 126 valence electrons. The van der Waals surface area contributed by atoms with Gasteiger partial charge in [-0.15, -0.1) is 0 Å². The number of rotatable bonds is 1. The van der Waals surface area contributed by atoms with Crippen molar-refractivity contribution in [3.05, 3.63) is 58.6 Å². The van der Waals surface area contributed by atoms with Gasteiger partial charge in [0, 0.05) is 20.6 Å². The van der Waals surface area contributed by atoms with Crippen LogP contribution in [0.1, 0.15) is 5.56 Å². The van der Waals surface area contributed by atoms with E-state index in [0.29, 0.717) is 21.1 Å². The third-order valence-corrected chi connectivity index (χ3v) is 4.88. The molecule has 0 fully saturated rings. The molecule has 0 amide bonds. The molecular formula is C19H11BrF3NO. The Morgan fingerprint density at radius 1 is 0.920 bits per heavy atom. The van der Waals surface area contributed by atoms with Crippen LogP contribution >= 0.6 is 15.9 Å². The lowest BCUT2D eigenvalue weighted by Crippen LogP contribution is -2.08. The van der Waals surface area contributed by atoms with Gasteiger partial charge in [-0.2, -0.15) is 13.2 Å². The van der Waals surface area contributed by atoms with Gasteiger partial charge >= 0.3 is 6.18 Å². The van der Waals surface area contributed by atoms with Gasteiger partial charge in [-0.05, 0) is 29.7 Å². The average molecular weight is 406 g/mol. The second-order valence-corrected chi connectivity index (χ2v) is 6.52. The fourth-order valence-corrected chi connectivity index (χ4v) is 3.71. The van der Waals surface area contributed by atoms with Crippen LogP contribution in [-0.4, -0.2) is 12.1 Å². The lowest BCUT2D eigenvalue weighted by molar-refractivity contribution is -0.135. The van der Waals surface area contributed by atoms with Crippen molar-refractivity contribution < 1.29 is 17.9 Å². The number of pyridine rings is 1. The molecular weight excluding hydrogens is 395 g/mol. The van der Waals surface area contributed by atoms with Crippen LogP contribution in [-0.2, 0) is 6.18 Å². The number of benzene rings is 3. The fraction of sp³-hybridized carbons (Fsp3) is 0.105. The molecule has 0 aliphatic carbocycles. The highest BCUT2D eigenvalue weighted by Crippen LogP contribution is 2.43. The summed E-state index contributed by atoms with van der Waals surface area (Å²) in [4.78, 5) is 4.52. The van der Waals surface area contributed by atoms with Crippen molar-refractivity contribution >= 4 is 48.5 Å². The van der Waals surface area contributed by atoms with E-state index >= 15 is 0 Å². The highest BCUT2D eigenvalue weighted by molar-refractivity contribution is 9.10. The second-order valence-electron chi connectivity index (χ2n) is 5.67. The van der Waals surface area contributed by atoms with Crippen molar-refractivity contribution in [2.75, 3.05) is 7.11 Å². The summed E-state index contributed by atoms with van der Waals surface area (Å²) in [6, 6.07) is 13.3. The summed E-state index contributed by atoms with van der Waals surface area (Å²) in [6.45, 7) is 0. The van der Waals surface area contributed by atoms with E-state index in [1.807, 2.05) is 12.1 Å². The molecule has 6 heteroatoms. The number of ether oxygens (including phenoxy) is 1. The molecule has 1 aromatic heterocycles. The van der Waals surface area contributed by atoms with Crippen LogP contribution < -0.4 is 4.74 Å². The van der Waals surface area contributed by atoms with Crippen LogP contribution in [0.2, 0.25) is 0 Å². The van der Waals surface area contributed by atoms with Gasteiger partial charge in [0.1, 0.15) is 5.75 Å². The molecule has 4 rings (SSSR count). The third-order valence-electron chi connectivity index (χ3n) is 4.22. The summed E-state index contributed by atoms with van der Waals surface area (Å²) in [6.07, 6.45) is -4.52. The summed E-state index contributed by atoms with van der Waals surface area (Å²) in [5, 5.41) is 1.60. The first-order valence-corrected chi connectivity index (χ1v) is 8.25. The first-order valence-electron chi connectivity index (χ1n) is 7.46. The van der Waals surface area contributed by atoms with Gasteiger partial charge in [0.25, 0.3) is 0 Å². The first-order chi connectivity index (χ1) is 11.9. The lowest BCUT2D eigenvalue weighted by atomic mass is 9.98. The topological polar surface area (TPSA) is 22.1 Å². The van der Waals surface area contributed by atoms with Gasteiger partial charge in [-0.1, -0.05) is 40.2 Å². The van der Waals surface area contributed by atoms with Gasteiger partial charge in [-0.3, -0.25) is 0 Å². The number of aromatic nitrogens is 1. The zero-order valence-corrected chi connectivity index (χ0v) is 14.6. The van der Waals surface area contributed by atoms with Crippen molar-refractivity contribution in [2.24, 2.45) is 0 Å². The molecule has 1 heterocycles. The quantitative estimate of drug-likeness (QED) is 0.272. The normalized spacial score (nSPS) is 12.2. The first kappa shape index (κ1) is 16.1. The van der Waals surface area contributed by atoms with Gasteiger partial charge < -0.3 is 4.74 Å². The van der Waals surface area contributed by atoms with Gasteiger partial charge in [0.2, 0.25) is 0 Å². The van der Waals surface area contributed by atoms with Crippen molar-refractivity contribution in [3.63, 3.8) is 0 Å². The molecule has 0 spiro atoms. The number of halogens is 4. The molecule has 0 bridgehead atoms. The third kappa shape index (κ3) is 2.52. The Morgan fingerprint density at radius 3 is 2.32 bits per heavy atom. The molecule has 25 heavy (non-hydrogen) atoms. The van der Waals surface area contributed by atoms with Crippen molar-refractivity contribution in [3.8, 4) is 5.75 Å². The molecule has 0 aliphatic heterocycles. The Balaban J connectivity index is 2.30. The van der Waals surface area contributed by atoms with Crippen molar-refractivity contribution in [1.29, 1.82) is 0 Å². The summed E-state index contributed by atoms with van der Waals surface area (Å²) in [7, 11) is 1.42. The SMILES string of the molecule is COc1ccc2nc3c(cc(Br)c4ccccc43)c(C(F)(F)F)c2c1. The van der Waals surface area contributed by atoms with E-state index in [2.05, 4.69) is 20.9 Å². The summed E-state index contributed by atoms with van der Waals surface area (Å²) in [5.41, 5.74) is -0.0743. The van der Waals surface area contributed by atoms with Crippen LogP contribution in [0.15, 0.2) is 53.0 Å². The van der Waals surface area contributed by atoms with Gasteiger partial charge in [0.15, 0.2) is 0 Å². The number of methoxy groups -OCH3 is 1. The van der Waals surface area contributed by atoms with E-state index in [0.717, 1.165) is 5.39 Å². The smallest absolute Gasteiger partial charge is 0.417 e. The zero-order valence-electron chi connectivity index (χ0n) is 13.0. The predicted octanol–water partition coefficient (Wildman–Crippen LogP) is 6.33. The summed E-state index contributed by atoms with van der Waals surface area (Å²) >= 11 is 3.39. The Labute approximate surface area is 149 Å².